The summed E-state index contributed by atoms with van der Waals surface area (Å²) in [6, 6.07) is 4.42. The normalized spacial score (nSPS) is 17.1. The fourth-order valence-corrected chi connectivity index (χ4v) is 3.21. The molecule has 0 bridgehead atoms. The third kappa shape index (κ3) is 3.95. The van der Waals surface area contributed by atoms with Gasteiger partial charge in [0.1, 0.15) is 0 Å². The first kappa shape index (κ1) is 15.3. The Morgan fingerprint density at radius 3 is 2.80 bits per heavy atom. The second-order valence-electron chi connectivity index (χ2n) is 5.16. The van der Waals surface area contributed by atoms with Crippen molar-refractivity contribution in [2.75, 3.05) is 0 Å². The lowest BCUT2D eigenvalue weighted by molar-refractivity contribution is -0.120. The first-order chi connectivity index (χ1) is 9.58. The number of benzene rings is 1. The quantitative estimate of drug-likeness (QED) is 0.899. The van der Waals surface area contributed by atoms with E-state index < -0.39 is 11.6 Å². The maximum atomic E-state index is 13.5. The second kappa shape index (κ2) is 7.07. The van der Waals surface area contributed by atoms with E-state index in [-0.39, 0.29) is 17.2 Å². The van der Waals surface area contributed by atoms with Crippen molar-refractivity contribution in [2.45, 2.75) is 49.7 Å². The van der Waals surface area contributed by atoms with Gasteiger partial charge in [0, 0.05) is 17.4 Å². The van der Waals surface area contributed by atoms with E-state index >= 15 is 0 Å². The Morgan fingerprint density at radius 2 is 2.10 bits per heavy atom. The van der Waals surface area contributed by atoms with Crippen LogP contribution >= 0.6 is 11.8 Å². The molecule has 2 rings (SSSR count). The van der Waals surface area contributed by atoms with Crippen molar-refractivity contribution in [1.82, 2.24) is 5.32 Å². The zero-order valence-corrected chi connectivity index (χ0v) is 12.3. The Bertz CT molecular complexity index is 475. The molecule has 1 atom stereocenters. The summed E-state index contributed by atoms with van der Waals surface area (Å²) in [5.41, 5.74) is 0.301. The molecule has 1 aliphatic rings. The lowest BCUT2D eigenvalue weighted by atomic mass is 10.2. The summed E-state index contributed by atoms with van der Waals surface area (Å²) >= 11 is 1.33. The van der Waals surface area contributed by atoms with Crippen LogP contribution < -0.4 is 5.32 Å². The summed E-state index contributed by atoms with van der Waals surface area (Å²) in [4.78, 5) is 12.0. The molecule has 1 amide bonds. The van der Waals surface area contributed by atoms with E-state index in [1.54, 1.807) is 13.0 Å². The summed E-state index contributed by atoms with van der Waals surface area (Å²) in [5, 5.41) is 2.75. The highest BCUT2D eigenvalue weighted by atomic mass is 32.2. The minimum Gasteiger partial charge on any atom is -0.352 e. The first-order valence-corrected chi connectivity index (χ1v) is 7.97. The Hall–Kier alpha value is -1.10. The molecule has 2 nitrogen and oxygen atoms in total. The number of rotatable bonds is 5. The number of carbonyl (C=O) groups is 1. The lowest BCUT2D eigenvalue weighted by Gasteiger charge is -2.16. The number of hydrogen-bond acceptors (Lipinski definition) is 2. The monoisotopic (exact) mass is 299 g/mol. The van der Waals surface area contributed by atoms with Gasteiger partial charge in [-0.3, -0.25) is 4.79 Å². The Morgan fingerprint density at radius 1 is 1.40 bits per heavy atom. The molecule has 0 aliphatic heterocycles. The Labute approximate surface area is 122 Å². The Kier molecular flexibility index (Phi) is 5.40. The molecule has 1 aromatic carbocycles. The van der Waals surface area contributed by atoms with Crippen LogP contribution in [-0.4, -0.2) is 17.2 Å². The molecule has 110 valence electrons. The van der Waals surface area contributed by atoms with Gasteiger partial charge in [0.05, 0.1) is 5.25 Å². The zero-order chi connectivity index (χ0) is 14.5. The third-order valence-corrected chi connectivity index (χ3v) is 4.78. The van der Waals surface area contributed by atoms with Gasteiger partial charge in [-0.15, -0.1) is 11.8 Å². The van der Waals surface area contributed by atoms with Crippen LogP contribution in [-0.2, 0) is 10.5 Å². The SMILES string of the molecule is CC(SCc1cccc(F)c1F)C(=O)NC1CCCC1. The number of amides is 1. The maximum absolute atomic E-state index is 13.5. The fraction of sp³-hybridized carbons (Fsp3) is 0.533. The smallest absolute Gasteiger partial charge is 0.233 e. The van der Waals surface area contributed by atoms with Crippen LogP contribution in [0.25, 0.3) is 0 Å². The molecule has 0 spiro atoms. The van der Waals surface area contributed by atoms with Gasteiger partial charge in [-0.05, 0) is 25.8 Å². The average Bonchev–Trinajstić information content (AvgIpc) is 2.93. The molecule has 1 unspecified atom stereocenters. The van der Waals surface area contributed by atoms with Gasteiger partial charge in [0.2, 0.25) is 5.91 Å². The van der Waals surface area contributed by atoms with Gasteiger partial charge in [-0.2, -0.15) is 0 Å². The molecule has 0 heterocycles. The van der Waals surface area contributed by atoms with E-state index in [0.29, 0.717) is 11.3 Å². The number of carbonyl (C=O) groups excluding carboxylic acids is 1. The van der Waals surface area contributed by atoms with E-state index in [2.05, 4.69) is 5.32 Å². The summed E-state index contributed by atoms with van der Waals surface area (Å²) < 4.78 is 26.6. The topological polar surface area (TPSA) is 29.1 Å². The molecule has 1 fully saturated rings. The molecule has 1 N–H and O–H groups in total. The number of nitrogens with one attached hydrogen (secondary N) is 1. The van der Waals surface area contributed by atoms with Crippen LogP contribution in [0.2, 0.25) is 0 Å². The molecule has 0 saturated heterocycles. The fourth-order valence-electron chi connectivity index (χ4n) is 2.34. The van der Waals surface area contributed by atoms with E-state index in [9.17, 15) is 13.6 Å². The highest BCUT2D eigenvalue weighted by Crippen LogP contribution is 2.23. The van der Waals surface area contributed by atoms with Crippen molar-refractivity contribution in [3.8, 4) is 0 Å². The highest BCUT2D eigenvalue weighted by molar-refractivity contribution is 7.99. The van der Waals surface area contributed by atoms with Crippen molar-refractivity contribution < 1.29 is 13.6 Å². The van der Waals surface area contributed by atoms with Crippen molar-refractivity contribution >= 4 is 17.7 Å². The molecule has 1 aliphatic carbocycles. The predicted octanol–water partition coefficient (Wildman–Crippen LogP) is 3.65. The summed E-state index contributed by atoms with van der Waals surface area (Å²) in [5.74, 6) is -1.38. The van der Waals surface area contributed by atoms with Crippen LogP contribution in [0.3, 0.4) is 0 Å². The van der Waals surface area contributed by atoms with Gasteiger partial charge in [0.25, 0.3) is 0 Å². The second-order valence-corrected chi connectivity index (χ2v) is 6.49. The van der Waals surface area contributed by atoms with Gasteiger partial charge in [0.15, 0.2) is 11.6 Å². The van der Waals surface area contributed by atoms with Crippen molar-refractivity contribution in [3.63, 3.8) is 0 Å². The van der Waals surface area contributed by atoms with Gasteiger partial charge >= 0.3 is 0 Å². The zero-order valence-electron chi connectivity index (χ0n) is 11.5. The van der Waals surface area contributed by atoms with Gasteiger partial charge in [-0.1, -0.05) is 25.0 Å². The van der Waals surface area contributed by atoms with Gasteiger partial charge in [-0.25, -0.2) is 8.78 Å². The van der Waals surface area contributed by atoms with E-state index in [4.69, 9.17) is 0 Å². The molecular weight excluding hydrogens is 280 g/mol. The molecule has 1 aromatic rings. The summed E-state index contributed by atoms with van der Waals surface area (Å²) in [6.45, 7) is 1.80. The van der Waals surface area contributed by atoms with Crippen LogP contribution in [0.1, 0.15) is 38.2 Å². The van der Waals surface area contributed by atoms with Crippen molar-refractivity contribution in [2.24, 2.45) is 0 Å². The standard InChI is InChI=1S/C15H19F2NOS/c1-10(15(19)18-12-6-2-3-7-12)20-9-11-5-4-8-13(16)14(11)17/h4-5,8,10,12H,2-3,6-7,9H2,1H3,(H,18,19). The molecular formula is C15H19F2NOS. The third-order valence-electron chi connectivity index (χ3n) is 3.59. The van der Waals surface area contributed by atoms with E-state index in [1.165, 1.54) is 30.7 Å². The van der Waals surface area contributed by atoms with Crippen LogP contribution in [0.15, 0.2) is 18.2 Å². The van der Waals surface area contributed by atoms with E-state index in [0.717, 1.165) is 18.9 Å². The summed E-state index contributed by atoms with van der Waals surface area (Å²) in [6.07, 6.45) is 4.42. The molecule has 5 heteroatoms. The van der Waals surface area contributed by atoms with Crippen LogP contribution in [0, 0.1) is 11.6 Å². The van der Waals surface area contributed by atoms with Crippen LogP contribution in [0.5, 0.6) is 0 Å². The first-order valence-electron chi connectivity index (χ1n) is 6.93. The molecule has 0 aromatic heterocycles. The minimum atomic E-state index is -0.842. The highest BCUT2D eigenvalue weighted by Gasteiger charge is 2.21. The number of thioether (sulfide) groups is 1. The molecule has 20 heavy (non-hydrogen) atoms. The number of hydrogen-bond donors (Lipinski definition) is 1. The minimum absolute atomic E-state index is 0.0151. The predicted molar refractivity (Wildman–Crippen MR) is 77.5 cm³/mol. The van der Waals surface area contributed by atoms with E-state index in [1.807, 2.05) is 0 Å². The molecule has 1 saturated carbocycles. The largest absolute Gasteiger partial charge is 0.352 e. The molecule has 0 radical (unpaired) electrons. The Balaban J connectivity index is 1.83. The van der Waals surface area contributed by atoms with Crippen molar-refractivity contribution in [1.29, 1.82) is 0 Å². The van der Waals surface area contributed by atoms with Crippen LogP contribution in [0.4, 0.5) is 8.78 Å². The number of halogens is 2. The summed E-state index contributed by atoms with van der Waals surface area (Å²) in [7, 11) is 0. The van der Waals surface area contributed by atoms with Crippen molar-refractivity contribution in [3.05, 3.63) is 35.4 Å². The average molecular weight is 299 g/mol. The lowest BCUT2D eigenvalue weighted by Crippen LogP contribution is -2.37. The van der Waals surface area contributed by atoms with Gasteiger partial charge < -0.3 is 5.32 Å². The maximum Gasteiger partial charge on any atom is 0.233 e.